The van der Waals surface area contributed by atoms with E-state index in [2.05, 4.69) is 10.1 Å². The molecule has 0 bridgehead atoms. The Morgan fingerprint density at radius 1 is 1.09 bits per heavy atom. The van der Waals surface area contributed by atoms with E-state index < -0.39 is 25.6 Å². The van der Waals surface area contributed by atoms with Crippen LogP contribution in [0.5, 0.6) is 11.5 Å². The number of amides is 2. The number of aryl methyl sites for hydroxylation is 1. The van der Waals surface area contributed by atoms with Gasteiger partial charge in [-0.05, 0) is 49.4 Å². The summed E-state index contributed by atoms with van der Waals surface area (Å²) in [7, 11) is -0.823. The van der Waals surface area contributed by atoms with E-state index in [1.807, 2.05) is 25.4 Å². The van der Waals surface area contributed by atoms with Crippen LogP contribution in [0.15, 0.2) is 60.9 Å². The summed E-state index contributed by atoms with van der Waals surface area (Å²) in [5, 5.41) is 5.21. The fourth-order valence-corrected chi connectivity index (χ4v) is 3.97. The maximum Gasteiger partial charge on any atom is 0.334 e. The maximum absolute atomic E-state index is 13.9. The molecule has 1 unspecified atom stereocenters. The van der Waals surface area contributed by atoms with Gasteiger partial charge < -0.3 is 9.47 Å². The van der Waals surface area contributed by atoms with Crippen molar-refractivity contribution in [2.75, 3.05) is 16.8 Å². The van der Waals surface area contributed by atoms with Gasteiger partial charge in [0.15, 0.2) is 6.10 Å². The van der Waals surface area contributed by atoms with Gasteiger partial charge in [0.05, 0.1) is 46.5 Å². The molecule has 8 nitrogen and oxygen atoms in total. The Kier molecular flexibility index (Phi) is 4.84. The number of hydrogen-bond donors (Lipinski definition) is 0. The molecule has 2 aromatic carbocycles. The molecule has 10 heteroatoms. The van der Waals surface area contributed by atoms with Gasteiger partial charge in [0.1, 0.15) is 11.5 Å². The summed E-state index contributed by atoms with van der Waals surface area (Å²) in [6, 6.07) is 12.4. The fourth-order valence-electron chi connectivity index (χ4n) is 3.97. The largest absolute Gasteiger partial charge is 0.497 e. The fraction of sp³-hybridized carbons (Fsp3) is 0.240. The van der Waals surface area contributed by atoms with Gasteiger partial charge in [0, 0.05) is 30.4 Å². The number of halogens is 2. The molecule has 1 atom stereocenters. The van der Waals surface area contributed by atoms with Crippen LogP contribution < -0.4 is 19.3 Å². The predicted molar refractivity (Wildman–Crippen MR) is 128 cm³/mol. The van der Waals surface area contributed by atoms with Gasteiger partial charge in [-0.25, -0.2) is 13.6 Å². The molecule has 4 aromatic rings. The normalized spacial score (nSPS) is 16.0. The molecule has 1 aliphatic rings. The Morgan fingerprint density at radius 3 is 2.60 bits per heavy atom. The lowest BCUT2D eigenvalue weighted by Crippen LogP contribution is -2.45. The number of rotatable bonds is 6. The Labute approximate surface area is 204 Å². The lowest BCUT2D eigenvalue weighted by molar-refractivity contribution is 0.0224. The van der Waals surface area contributed by atoms with Gasteiger partial charge in [-0.1, -0.05) is 0 Å². The average molecular weight is 483 g/mol. The van der Waals surface area contributed by atoms with E-state index in [1.165, 1.54) is 53.3 Å². The zero-order chi connectivity index (χ0) is 27.2. The molecule has 3 heterocycles. The summed E-state index contributed by atoms with van der Waals surface area (Å²) in [5.74, 6) is 0.181. The number of methoxy groups -OCH3 is 1. The van der Waals surface area contributed by atoms with Crippen LogP contribution in [0.1, 0.15) is 16.7 Å². The minimum Gasteiger partial charge on any atom is -0.497 e. The molecular weight excluding hydrogens is 456 g/mol. The molecular formula is C25H23F2N5O3. The predicted octanol–water partition coefficient (Wildman–Crippen LogP) is 5.29. The standard InChI is InChI=1S/C25H23F2N5O3/c1-15(24(26)27)35-20-11-23-22(28-12-20)14-31(18-6-9-21-16(10-18)13-30(2)29-21)25(33)32(23)17-4-7-19(34-3)8-5-17/h4-13,15,24H,14H2,1-3H3/i3D3. The quantitative estimate of drug-likeness (QED) is 0.374. The number of carbonyl (C=O) groups excluding carboxylic acids is 1. The smallest absolute Gasteiger partial charge is 0.334 e. The SMILES string of the molecule is [2H]C([2H])([2H])Oc1ccc(N2C(=O)N(c3ccc4nn(C)cc4c3)Cc3ncc(OC(C)C(F)F)cc32)cc1. The minimum atomic E-state index is -2.70. The molecule has 2 aromatic heterocycles. The van der Waals surface area contributed by atoms with Crippen molar-refractivity contribution in [2.45, 2.75) is 26.0 Å². The van der Waals surface area contributed by atoms with E-state index in [0.717, 1.165) is 10.9 Å². The second-order valence-electron chi connectivity index (χ2n) is 8.14. The second-order valence-corrected chi connectivity index (χ2v) is 8.14. The van der Waals surface area contributed by atoms with Crippen molar-refractivity contribution in [3.8, 4) is 11.5 Å². The van der Waals surface area contributed by atoms with E-state index in [0.29, 0.717) is 22.8 Å². The third kappa shape index (κ3) is 4.23. The number of ether oxygens (including phenoxy) is 2. The highest BCUT2D eigenvalue weighted by Gasteiger charge is 2.34. The van der Waals surface area contributed by atoms with Crippen LogP contribution in [0.3, 0.4) is 0 Å². The average Bonchev–Trinajstić information content (AvgIpc) is 3.22. The van der Waals surface area contributed by atoms with E-state index in [1.54, 1.807) is 10.7 Å². The summed E-state index contributed by atoms with van der Waals surface area (Å²) in [6.45, 7) is 1.37. The highest BCUT2D eigenvalue weighted by Crippen LogP contribution is 2.39. The van der Waals surface area contributed by atoms with Crippen molar-refractivity contribution >= 4 is 34.0 Å². The summed E-state index contributed by atoms with van der Waals surface area (Å²) < 4.78 is 60.0. The first-order chi connectivity index (χ1) is 18.0. The van der Waals surface area contributed by atoms with Gasteiger partial charge in [-0.2, -0.15) is 5.10 Å². The van der Waals surface area contributed by atoms with Crippen LogP contribution in [0.2, 0.25) is 0 Å². The van der Waals surface area contributed by atoms with Crippen LogP contribution in [-0.4, -0.2) is 40.4 Å². The molecule has 35 heavy (non-hydrogen) atoms. The molecule has 180 valence electrons. The topological polar surface area (TPSA) is 72.7 Å². The molecule has 5 rings (SSSR count). The molecule has 0 radical (unpaired) electrons. The van der Waals surface area contributed by atoms with Crippen LogP contribution in [0.25, 0.3) is 10.9 Å². The van der Waals surface area contributed by atoms with Crippen LogP contribution >= 0.6 is 0 Å². The van der Waals surface area contributed by atoms with Crippen molar-refractivity contribution in [3.63, 3.8) is 0 Å². The highest BCUT2D eigenvalue weighted by atomic mass is 19.3. The van der Waals surface area contributed by atoms with Gasteiger partial charge >= 0.3 is 6.03 Å². The molecule has 0 aliphatic carbocycles. The minimum absolute atomic E-state index is 0.0851. The van der Waals surface area contributed by atoms with Gasteiger partial charge in [-0.3, -0.25) is 19.5 Å². The number of urea groups is 1. The van der Waals surface area contributed by atoms with Crippen LogP contribution in [0.4, 0.5) is 30.6 Å². The van der Waals surface area contributed by atoms with Crippen LogP contribution in [0, 0.1) is 0 Å². The van der Waals surface area contributed by atoms with E-state index >= 15 is 0 Å². The van der Waals surface area contributed by atoms with Crippen molar-refractivity contribution in [3.05, 3.63) is 66.6 Å². The first-order valence-electron chi connectivity index (χ1n) is 12.3. The molecule has 0 N–H and O–H groups in total. The Bertz CT molecular complexity index is 1490. The monoisotopic (exact) mass is 482 g/mol. The zero-order valence-corrected chi connectivity index (χ0v) is 18.9. The number of alkyl halides is 2. The Hall–Kier alpha value is -4.21. The summed E-state index contributed by atoms with van der Waals surface area (Å²) in [4.78, 5) is 21.2. The van der Waals surface area contributed by atoms with E-state index in [4.69, 9.17) is 13.6 Å². The third-order valence-corrected chi connectivity index (χ3v) is 5.70. The summed E-state index contributed by atoms with van der Waals surface area (Å²) >= 11 is 0. The highest BCUT2D eigenvalue weighted by molar-refractivity contribution is 6.11. The lowest BCUT2D eigenvalue weighted by atomic mass is 10.1. The van der Waals surface area contributed by atoms with Crippen molar-refractivity contribution < 1.29 is 27.2 Å². The third-order valence-electron chi connectivity index (χ3n) is 5.70. The van der Waals surface area contributed by atoms with Crippen molar-refractivity contribution in [1.82, 2.24) is 14.8 Å². The number of benzene rings is 2. The van der Waals surface area contributed by atoms with Gasteiger partial charge in [-0.15, -0.1) is 0 Å². The Balaban J connectivity index is 1.56. The first kappa shape index (κ1) is 19.1. The molecule has 2 amide bonds. The van der Waals surface area contributed by atoms with E-state index in [9.17, 15) is 13.6 Å². The van der Waals surface area contributed by atoms with Crippen molar-refractivity contribution in [2.24, 2.45) is 7.05 Å². The molecule has 0 saturated heterocycles. The summed E-state index contributed by atoms with van der Waals surface area (Å²) in [6.07, 6.45) is -0.884. The number of aromatic nitrogens is 3. The first-order valence-corrected chi connectivity index (χ1v) is 10.8. The number of nitrogens with zero attached hydrogens (tertiary/aromatic N) is 5. The number of fused-ring (bicyclic) bond motifs is 2. The second kappa shape index (κ2) is 8.86. The van der Waals surface area contributed by atoms with Gasteiger partial charge in [0.25, 0.3) is 6.43 Å². The van der Waals surface area contributed by atoms with E-state index in [-0.39, 0.29) is 18.0 Å². The number of anilines is 3. The number of pyridine rings is 1. The zero-order valence-electron chi connectivity index (χ0n) is 21.9. The maximum atomic E-state index is 13.9. The summed E-state index contributed by atoms with van der Waals surface area (Å²) in [5.41, 5.74) is 2.65. The van der Waals surface area contributed by atoms with Gasteiger partial charge in [0.2, 0.25) is 0 Å². The molecule has 0 saturated carbocycles. The molecule has 0 fully saturated rings. The number of hydrogen-bond acceptors (Lipinski definition) is 5. The molecule has 0 spiro atoms. The van der Waals surface area contributed by atoms with Crippen LogP contribution in [-0.2, 0) is 13.6 Å². The Morgan fingerprint density at radius 2 is 1.86 bits per heavy atom. The lowest BCUT2D eigenvalue weighted by Gasteiger charge is -2.36. The number of carbonyl (C=O) groups is 1. The molecule has 1 aliphatic heterocycles. The van der Waals surface area contributed by atoms with Crippen molar-refractivity contribution in [1.29, 1.82) is 0 Å².